The number of rotatable bonds is 0. The van der Waals surface area contributed by atoms with E-state index in [1.54, 1.807) is 0 Å². The van der Waals surface area contributed by atoms with E-state index in [1.807, 2.05) is 0 Å². The summed E-state index contributed by atoms with van der Waals surface area (Å²) in [5.74, 6) is 0. The first-order chi connectivity index (χ1) is 2.00. The molecule has 0 aliphatic carbocycles. The Bertz CT molecular complexity index is 101. The van der Waals surface area contributed by atoms with E-state index >= 15 is 0 Å². The Hall–Kier alpha value is 1.13. The molecular weight excluding hydrogens is 254 g/mol. The Kier molecular flexibility index (Phi) is 72.1. The molecular formula is H10AlClCuO6S. The van der Waals surface area contributed by atoms with Crippen molar-refractivity contribution < 1.29 is 45.5 Å². The van der Waals surface area contributed by atoms with Crippen molar-refractivity contribution in [2.75, 3.05) is 0 Å². The summed E-state index contributed by atoms with van der Waals surface area (Å²) >= 11 is 0. The molecule has 0 aromatic rings. The zero-order chi connectivity index (χ0) is 4.50. The van der Waals surface area contributed by atoms with E-state index in [0.717, 1.165) is 0 Å². The molecule has 10 heteroatoms. The number of hydrogen-bond donors (Lipinski definition) is 2. The minimum Gasteiger partial charge on any atom is -0.412 e. The van der Waals surface area contributed by atoms with Crippen molar-refractivity contribution in [1.29, 1.82) is 0 Å². The van der Waals surface area contributed by atoms with Gasteiger partial charge in [0.25, 0.3) is 0 Å². The summed E-state index contributed by atoms with van der Waals surface area (Å²) in [6.07, 6.45) is 0. The third-order valence-corrected chi connectivity index (χ3v) is 0. The van der Waals surface area contributed by atoms with Gasteiger partial charge in [-0.1, -0.05) is 0 Å². The molecule has 0 aromatic carbocycles. The van der Waals surface area contributed by atoms with Crippen molar-refractivity contribution in [3.05, 3.63) is 0 Å². The van der Waals surface area contributed by atoms with Crippen LogP contribution in [0.15, 0.2) is 0 Å². The SMILES string of the molecule is Cl.O.O.O=S(=O)(O)O.[AlH3].[Cu]. The third-order valence-electron chi connectivity index (χ3n) is 0. The Morgan fingerprint density at radius 2 is 1.00 bits per heavy atom. The molecule has 0 amide bonds. The topological polar surface area (TPSA) is 138 Å². The van der Waals surface area contributed by atoms with Crippen molar-refractivity contribution in [2.24, 2.45) is 0 Å². The molecule has 0 aromatic heterocycles. The third kappa shape index (κ3) is 471. The van der Waals surface area contributed by atoms with Crippen molar-refractivity contribution in [3.63, 3.8) is 0 Å². The Labute approximate surface area is 85.6 Å². The number of hydrogen-bond acceptors (Lipinski definition) is 2. The van der Waals surface area contributed by atoms with Crippen LogP contribution >= 0.6 is 12.4 Å². The van der Waals surface area contributed by atoms with Crippen molar-refractivity contribution in [1.82, 2.24) is 0 Å². The van der Waals surface area contributed by atoms with Crippen LogP contribution in [0.25, 0.3) is 0 Å². The summed E-state index contributed by atoms with van der Waals surface area (Å²) < 4.78 is 31.6. The molecule has 6 N–H and O–H groups in total. The Morgan fingerprint density at radius 1 is 1.00 bits per heavy atom. The molecule has 1 radical (unpaired) electrons. The molecule has 0 bridgehead atoms. The summed E-state index contributed by atoms with van der Waals surface area (Å²) in [4.78, 5) is 0. The average Bonchev–Trinajstić information content (AvgIpc) is 0.722. The standard InChI is InChI=1S/Al.ClH.Cu.H2O4S.2H2O.3H/c;;;1-5(2,3)4;;;;;/h;1H;;(H2,1,2,3,4);2*1H2;;;. The normalized spacial score (nSPS) is 5.80. The van der Waals surface area contributed by atoms with E-state index in [9.17, 15) is 0 Å². The second-order valence-corrected chi connectivity index (χ2v) is 1.34. The van der Waals surface area contributed by atoms with Gasteiger partial charge in [-0.05, 0) is 0 Å². The largest absolute Gasteiger partial charge is 0.412 e. The van der Waals surface area contributed by atoms with E-state index in [4.69, 9.17) is 17.5 Å². The molecule has 0 aliphatic heterocycles. The second-order valence-electron chi connectivity index (χ2n) is 0.448. The molecule has 10 heavy (non-hydrogen) atoms. The van der Waals surface area contributed by atoms with Crippen molar-refractivity contribution in [2.45, 2.75) is 0 Å². The molecule has 73 valence electrons. The zero-order valence-electron chi connectivity index (χ0n) is 3.83. The smallest absolute Gasteiger partial charge is 0.394 e. The van der Waals surface area contributed by atoms with Gasteiger partial charge in [-0.3, -0.25) is 9.11 Å². The summed E-state index contributed by atoms with van der Waals surface area (Å²) in [7, 11) is -4.67. The second kappa shape index (κ2) is 16.6. The fourth-order valence-electron chi connectivity index (χ4n) is 0. The predicted octanol–water partition coefficient (Wildman–Crippen LogP) is -3.07. The molecule has 0 fully saturated rings. The van der Waals surface area contributed by atoms with Crippen LogP contribution in [0.3, 0.4) is 0 Å². The summed E-state index contributed by atoms with van der Waals surface area (Å²) in [6.45, 7) is 0. The van der Waals surface area contributed by atoms with Crippen LogP contribution in [0, 0.1) is 0 Å². The number of halogens is 1. The van der Waals surface area contributed by atoms with Crippen LogP contribution in [0.4, 0.5) is 0 Å². The molecule has 0 spiro atoms. The zero-order valence-corrected chi connectivity index (χ0v) is 6.40. The van der Waals surface area contributed by atoms with E-state index in [2.05, 4.69) is 0 Å². The first kappa shape index (κ1) is 43.4. The molecule has 0 unspecified atom stereocenters. The van der Waals surface area contributed by atoms with Gasteiger partial charge < -0.3 is 11.0 Å². The first-order valence-electron chi connectivity index (χ1n) is 0.698. The maximum Gasteiger partial charge on any atom is 0.394 e. The van der Waals surface area contributed by atoms with Crippen LogP contribution in [-0.4, -0.2) is 45.8 Å². The minimum absolute atomic E-state index is 0. The predicted molar refractivity (Wildman–Crippen MR) is 38.6 cm³/mol. The summed E-state index contributed by atoms with van der Waals surface area (Å²) in [6, 6.07) is 0. The first-order valence-corrected chi connectivity index (χ1v) is 2.10. The maximum absolute atomic E-state index is 8.74. The van der Waals surface area contributed by atoms with Gasteiger partial charge in [-0.25, -0.2) is 0 Å². The van der Waals surface area contributed by atoms with Crippen LogP contribution in [-0.2, 0) is 27.5 Å². The molecule has 0 heterocycles. The average molecular weight is 264 g/mol. The van der Waals surface area contributed by atoms with Crippen LogP contribution < -0.4 is 0 Å². The van der Waals surface area contributed by atoms with Gasteiger partial charge in [0.2, 0.25) is 0 Å². The van der Waals surface area contributed by atoms with Gasteiger partial charge in [-0.15, -0.1) is 12.4 Å². The van der Waals surface area contributed by atoms with Gasteiger partial charge in [0, 0.05) is 17.1 Å². The summed E-state index contributed by atoms with van der Waals surface area (Å²) in [5.41, 5.74) is 0. The Balaban J connectivity index is -0.00000000800. The molecule has 0 atom stereocenters. The molecule has 0 rings (SSSR count). The van der Waals surface area contributed by atoms with Crippen LogP contribution in [0.5, 0.6) is 0 Å². The Morgan fingerprint density at radius 3 is 1.00 bits per heavy atom. The van der Waals surface area contributed by atoms with Gasteiger partial charge in [0.1, 0.15) is 0 Å². The van der Waals surface area contributed by atoms with E-state index in [1.165, 1.54) is 0 Å². The minimum atomic E-state index is -4.67. The molecule has 0 aliphatic rings. The molecule has 0 saturated carbocycles. The quantitative estimate of drug-likeness (QED) is 0.354. The van der Waals surface area contributed by atoms with E-state index < -0.39 is 10.4 Å². The van der Waals surface area contributed by atoms with Crippen LogP contribution in [0.2, 0.25) is 0 Å². The van der Waals surface area contributed by atoms with Gasteiger partial charge in [0.15, 0.2) is 17.4 Å². The fourth-order valence-corrected chi connectivity index (χ4v) is 0. The molecule has 0 saturated heterocycles. The van der Waals surface area contributed by atoms with Gasteiger partial charge >= 0.3 is 10.4 Å². The van der Waals surface area contributed by atoms with Crippen molar-refractivity contribution >= 4 is 40.2 Å². The fraction of sp³-hybridized carbons (Fsp3) is 0. The van der Waals surface area contributed by atoms with Gasteiger partial charge in [-0.2, -0.15) is 8.42 Å². The van der Waals surface area contributed by atoms with Crippen LogP contribution in [0.1, 0.15) is 0 Å². The maximum atomic E-state index is 8.74. The van der Waals surface area contributed by atoms with E-state index in [-0.39, 0.29) is 57.8 Å². The molecule has 6 nitrogen and oxygen atoms in total. The van der Waals surface area contributed by atoms with E-state index in [0.29, 0.717) is 0 Å². The summed E-state index contributed by atoms with van der Waals surface area (Å²) in [5, 5.41) is 0. The monoisotopic (exact) mass is 263 g/mol. The van der Waals surface area contributed by atoms with Gasteiger partial charge in [0.05, 0.1) is 0 Å². The van der Waals surface area contributed by atoms with Crippen molar-refractivity contribution in [3.8, 4) is 0 Å².